The van der Waals surface area contributed by atoms with E-state index in [4.69, 9.17) is 24.1 Å². The lowest BCUT2D eigenvalue weighted by Crippen LogP contribution is -2.65. The van der Waals surface area contributed by atoms with Crippen LogP contribution in [0, 0.1) is 0 Å². The van der Waals surface area contributed by atoms with Crippen molar-refractivity contribution in [2.75, 3.05) is 13.2 Å². The average molecular weight is 276 g/mol. The number of fused-ring (bicyclic) bond motifs is 1. The fraction of sp³-hybridized carbons (Fsp3) is 0.909. The summed E-state index contributed by atoms with van der Waals surface area (Å²) < 4.78 is 21.4. The predicted octanol–water partition coefficient (Wildman–Crippen LogP) is -2.13. The molecule has 19 heavy (non-hydrogen) atoms. The maximum absolute atomic E-state index is 11.2. The summed E-state index contributed by atoms with van der Waals surface area (Å²) >= 11 is 0. The van der Waals surface area contributed by atoms with Crippen LogP contribution in [0.3, 0.4) is 0 Å². The Hall–Kier alpha value is -0.770. The van der Waals surface area contributed by atoms with Gasteiger partial charge >= 0.3 is 5.97 Å². The molecule has 3 rings (SSSR count). The van der Waals surface area contributed by atoms with Crippen molar-refractivity contribution in [1.29, 1.82) is 0 Å². The highest BCUT2D eigenvalue weighted by atomic mass is 16.8. The SMILES string of the molecule is O=C1CC[C@]2(CO[C@@H]3O[C@@H](CO)[C@@H](O)[C@H](O)[C@H]3O2)O1. The lowest BCUT2D eigenvalue weighted by molar-refractivity contribution is -0.400. The molecule has 3 N–H and O–H groups in total. The van der Waals surface area contributed by atoms with Gasteiger partial charge in [-0.3, -0.25) is 4.79 Å². The topological polar surface area (TPSA) is 115 Å². The molecule has 3 aliphatic heterocycles. The van der Waals surface area contributed by atoms with Crippen LogP contribution in [0.25, 0.3) is 0 Å². The van der Waals surface area contributed by atoms with Gasteiger partial charge in [0.1, 0.15) is 31.0 Å². The van der Waals surface area contributed by atoms with Crippen molar-refractivity contribution < 1.29 is 39.1 Å². The molecule has 0 radical (unpaired) electrons. The molecule has 3 fully saturated rings. The van der Waals surface area contributed by atoms with Gasteiger partial charge in [-0.05, 0) is 0 Å². The van der Waals surface area contributed by atoms with Gasteiger partial charge in [0.15, 0.2) is 6.29 Å². The Bertz CT molecular complexity index is 372. The summed E-state index contributed by atoms with van der Waals surface area (Å²) in [7, 11) is 0. The standard InChI is InChI=1S/C11H16O8/c12-3-5-7(14)8(15)9-10(17-5)16-4-11(19-9)2-1-6(13)18-11/h5,7-10,12,14-15H,1-4H2/t5-,7+,8-,9+,10+,11-/m0/s1. The molecule has 0 aromatic rings. The van der Waals surface area contributed by atoms with E-state index in [-0.39, 0.29) is 19.0 Å². The molecule has 0 saturated carbocycles. The predicted molar refractivity (Wildman–Crippen MR) is 56.6 cm³/mol. The van der Waals surface area contributed by atoms with Crippen molar-refractivity contribution in [1.82, 2.24) is 0 Å². The van der Waals surface area contributed by atoms with Crippen LogP contribution in [0.2, 0.25) is 0 Å². The van der Waals surface area contributed by atoms with E-state index in [1.165, 1.54) is 0 Å². The summed E-state index contributed by atoms with van der Waals surface area (Å²) in [6.45, 7) is -0.439. The van der Waals surface area contributed by atoms with Crippen molar-refractivity contribution in [3.8, 4) is 0 Å². The summed E-state index contributed by atoms with van der Waals surface area (Å²) in [5.74, 6) is -1.59. The van der Waals surface area contributed by atoms with Crippen molar-refractivity contribution in [2.24, 2.45) is 0 Å². The van der Waals surface area contributed by atoms with Crippen LogP contribution in [0.1, 0.15) is 12.8 Å². The summed E-state index contributed by atoms with van der Waals surface area (Å²) in [4.78, 5) is 11.2. The molecule has 108 valence electrons. The maximum Gasteiger partial charge on any atom is 0.308 e. The molecule has 0 aromatic carbocycles. The summed E-state index contributed by atoms with van der Waals surface area (Å²) in [6, 6.07) is 0. The number of carbonyl (C=O) groups is 1. The third-order valence-corrected chi connectivity index (χ3v) is 3.65. The number of hydrogen-bond donors (Lipinski definition) is 3. The minimum absolute atomic E-state index is 0.000864. The van der Waals surface area contributed by atoms with E-state index in [9.17, 15) is 15.0 Å². The van der Waals surface area contributed by atoms with Crippen molar-refractivity contribution >= 4 is 5.97 Å². The fourth-order valence-corrected chi connectivity index (χ4v) is 2.59. The lowest BCUT2D eigenvalue weighted by atomic mass is 9.97. The highest BCUT2D eigenvalue weighted by molar-refractivity contribution is 5.72. The number of aliphatic hydroxyl groups is 3. The molecule has 8 heteroatoms. The molecule has 0 aromatic heterocycles. The second-order valence-electron chi connectivity index (χ2n) is 4.98. The number of aliphatic hydroxyl groups excluding tert-OH is 3. The van der Waals surface area contributed by atoms with E-state index in [1.54, 1.807) is 0 Å². The minimum atomic E-state index is -1.29. The first-order valence-electron chi connectivity index (χ1n) is 6.18. The Morgan fingerprint density at radius 2 is 2.11 bits per heavy atom. The second-order valence-corrected chi connectivity index (χ2v) is 4.98. The van der Waals surface area contributed by atoms with Crippen molar-refractivity contribution in [3.63, 3.8) is 0 Å². The van der Waals surface area contributed by atoms with E-state index in [2.05, 4.69) is 0 Å². The van der Waals surface area contributed by atoms with Gasteiger partial charge in [0.25, 0.3) is 0 Å². The highest BCUT2D eigenvalue weighted by Crippen LogP contribution is 2.38. The Morgan fingerprint density at radius 1 is 1.32 bits per heavy atom. The first kappa shape index (κ1) is 13.2. The quantitative estimate of drug-likeness (QED) is 0.465. The summed E-state index contributed by atoms with van der Waals surface area (Å²) in [5, 5.41) is 28.8. The average Bonchev–Trinajstić information content (AvgIpc) is 2.76. The molecule has 1 spiro atoms. The van der Waals surface area contributed by atoms with Crippen LogP contribution in [-0.2, 0) is 23.7 Å². The molecule has 6 atom stereocenters. The number of carbonyl (C=O) groups excluding carboxylic acids is 1. The first-order chi connectivity index (χ1) is 9.04. The molecule has 3 heterocycles. The Morgan fingerprint density at radius 3 is 2.74 bits per heavy atom. The monoisotopic (exact) mass is 276 g/mol. The van der Waals surface area contributed by atoms with E-state index in [0.29, 0.717) is 6.42 Å². The third kappa shape index (κ3) is 2.14. The summed E-state index contributed by atoms with van der Waals surface area (Å²) in [6.07, 6.45) is -4.81. The van der Waals surface area contributed by atoms with Gasteiger partial charge in [-0.1, -0.05) is 0 Å². The Balaban J connectivity index is 1.75. The van der Waals surface area contributed by atoms with Crippen LogP contribution in [0.4, 0.5) is 0 Å². The first-order valence-corrected chi connectivity index (χ1v) is 6.18. The zero-order valence-corrected chi connectivity index (χ0v) is 10.1. The maximum atomic E-state index is 11.2. The molecule has 0 unspecified atom stereocenters. The van der Waals surface area contributed by atoms with Gasteiger partial charge in [-0.25, -0.2) is 0 Å². The smallest absolute Gasteiger partial charge is 0.308 e. The largest absolute Gasteiger partial charge is 0.430 e. The van der Waals surface area contributed by atoms with Crippen LogP contribution >= 0.6 is 0 Å². The Labute approximate surface area is 108 Å². The van der Waals surface area contributed by atoms with Crippen LogP contribution in [-0.4, -0.2) is 71.0 Å². The molecule has 0 bridgehead atoms. The number of hydrogen-bond acceptors (Lipinski definition) is 8. The molecular weight excluding hydrogens is 260 g/mol. The molecule has 0 aliphatic carbocycles. The van der Waals surface area contributed by atoms with Gasteiger partial charge in [-0.2, -0.15) is 0 Å². The second kappa shape index (κ2) is 4.65. The minimum Gasteiger partial charge on any atom is -0.430 e. The molecule has 8 nitrogen and oxygen atoms in total. The number of esters is 1. The number of rotatable bonds is 1. The van der Waals surface area contributed by atoms with E-state index in [1.807, 2.05) is 0 Å². The van der Waals surface area contributed by atoms with Crippen molar-refractivity contribution in [2.45, 2.75) is 49.3 Å². The third-order valence-electron chi connectivity index (χ3n) is 3.65. The Kier molecular flexibility index (Phi) is 3.24. The van der Waals surface area contributed by atoms with Crippen LogP contribution < -0.4 is 0 Å². The van der Waals surface area contributed by atoms with Gasteiger partial charge in [0, 0.05) is 6.42 Å². The zero-order valence-electron chi connectivity index (χ0n) is 10.1. The van der Waals surface area contributed by atoms with Crippen LogP contribution in [0.15, 0.2) is 0 Å². The molecule has 0 amide bonds. The molecular formula is C11H16O8. The van der Waals surface area contributed by atoms with E-state index in [0.717, 1.165) is 0 Å². The van der Waals surface area contributed by atoms with Gasteiger partial charge in [-0.15, -0.1) is 0 Å². The fourth-order valence-electron chi connectivity index (χ4n) is 2.59. The van der Waals surface area contributed by atoms with Crippen LogP contribution in [0.5, 0.6) is 0 Å². The van der Waals surface area contributed by atoms with E-state index >= 15 is 0 Å². The van der Waals surface area contributed by atoms with Crippen molar-refractivity contribution in [3.05, 3.63) is 0 Å². The molecule has 3 saturated heterocycles. The lowest BCUT2D eigenvalue weighted by Gasteiger charge is -2.48. The normalized spacial score (nSPS) is 50.1. The van der Waals surface area contributed by atoms with Gasteiger partial charge in [0.05, 0.1) is 13.0 Å². The van der Waals surface area contributed by atoms with Gasteiger partial charge < -0.3 is 34.3 Å². The highest BCUT2D eigenvalue weighted by Gasteiger charge is 2.56. The van der Waals surface area contributed by atoms with Gasteiger partial charge in [0.2, 0.25) is 5.79 Å². The van der Waals surface area contributed by atoms with E-state index < -0.39 is 43.1 Å². The zero-order chi connectivity index (χ0) is 13.6. The summed E-state index contributed by atoms with van der Waals surface area (Å²) in [5.41, 5.74) is 0. The molecule has 3 aliphatic rings. The number of ether oxygens (including phenoxy) is 4.